The van der Waals surface area contributed by atoms with E-state index in [0.717, 1.165) is 17.3 Å². The Kier molecular flexibility index (Phi) is 4.81. The summed E-state index contributed by atoms with van der Waals surface area (Å²) in [5.41, 5.74) is 2.72. The topological polar surface area (TPSA) is 0 Å². The van der Waals surface area contributed by atoms with E-state index in [9.17, 15) is 0 Å². The lowest BCUT2D eigenvalue weighted by Crippen LogP contribution is -1.93. The van der Waals surface area contributed by atoms with Crippen molar-refractivity contribution in [1.82, 2.24) is 0 Å². The zero-order chi connectivity index (χ0) is 12.1. The predicted molar refractivity (Wildman–Crippen MR) is 80.6 cm³/mol. The molecule has 0 aliphatic carbocycles. The van der Waals surface area contributed by atoms with E-state index in [1.165, 1.54) is 11.1 Å². The Bertz CT molecular complexity index is 465. The van der Waals surface area contributed by atoms with Crippen LogP contribution in [0.25, 0.3) is 0 Å². The first-order valence-electron chi connectivity index (χ1n) is 5.69. The molecule has 2 rings (SSSR count). The molecule has 0 heterocycles. The van der Waals surface area contributed by atoms with Gasteiger partial charge in [-0.05, 0) is 36.1 Å². The van der Waals surface area contributed by atoms with Crippen LogP contribution in [-0.4, -0.2) is 0 Å². The van der Waals surface area contributed by atoms with Crippen LogP contribution in [0, 0.1) is 0 Å². The van der Waals surface area contributed by atoms with E-state index in [1.807, 2.05) is 0 Å². The molecular weight excluding hydrogens is 340 g/mol. The second-order valence-corrected chi connectivity index (χ2v) is 6.07. The summed E-state index contributed by atoms with van der Waals surface area (Å²) in [7, 11) is 0. The number of aryl methyl sites for hydroxylation is 1. The van der Waals surface area contributed by atoms with Crippen LogP contribution in [0.5, 0.6) is 0 Å². The first-order chi connectivity index (χ1) is 8.25. The Labute approximate surface area is 119 Å². The molecule has 1 atom stereocenters. The fourth-order valence-corrected chi connectivity index (χ4v) is 2.80. The van der Waals surface area contributed by atoms with Gasteiger partial charge in [0.15, 0.2) is 0 Å². The molecule has 2 aromatic rings. The molecule has 88 valence electrons. The van der Waals surface area contributed by atoms with Crippen molar-refractivity contribution in [1.29, 1.82) is 0 Å². The molecule has 0 saturated carbocycles. The van der Waals surface area contributed by atoms with Crippen molar-refractivity contribution in [3.63, 3.8) is 0 Å². The fourth-order valence-electron chi connectivity index (χ4n) is 1.81. The minimum atomic E-state index is 0.433. The second-order valence-electron chi connectivity index (χ2n) is 4.05. The van der Waals surface area contributed by atoms with E-state index < -0.39 is 0 Å². The maximum Gasteiger partial charge on any atom is 0.0398 e. The Morgan fingerprint density at radius 3 is 2.41 bits per heavy atom. The van der Waals surface area contributed by atoms with E-state index in [-0.39, 0.29) is 0 Å². The van der Waals surface area contributed by atoms with Gasteiger partial charge < -0.3 is 0 Å². The lowest BCUT2D eigenvalue weighted by Gasteiger charge is -2.10. The first-order valence-corrected chi connectivity index (χ1v) is 7.40. The number of hydrogen-bond acceptors (Lipinski definition) is 0. The van der Waals surface area contributed by atoms with Gasteiger partial charge in [-0.15, -0.1) is 0 Å². The van der Waals surface area contributed by atoms with Crippen LogP contribution in [0.3, 0.4) is 0 Å². The summed E-state index contributed by atoms with van der Waals surface area (Å²) in [5, 5.41) is 0. The molecule has 0 nitrogen and oxygen atoms in total. The maximum absolute atomic E-state index is 3.75. The molecule has 0 aliphatic heterocycles. The van der Waals surface area contributed by atoms with Crippen LogP contribution in [0.15, 0.2) is 59.1 Å². The zero-order valence-electron chi connectivity index (χ0n) is 9.44. The first kappa shape index (κ1) is 12.8. The zero-order valence-corrected chi connectivity index (χ0v) is 12.6. The van der Waals surface area contributed by atoms with Crippen LogP contribution in [0.4, 0.5) is 0 Å². The molecule has 0 radical (unpaired) electrons. The third-order valence-corrected chi connectivity index (χ3v) is 4.22. The molecule has 0 fully saturated rings. The number of halogens is 2. The molecule has 2 aromatic carbocycles. The molecule has 1 unspecified atom stereocenters. The smallest absolute Gasteiger partial charge is 0.0398 e. The Morgan fingerprint density at radius 1 is 0.941 bits per heavy atom. The quantitative estimate of drug-likeness (QED) is 0.635. The van der Waals surface area contributed by atoms with Crippen LogP contribution in [0.1, 0.15) is 22.4 Å². The van der Waals surface area contributed by atoms with E-state index in [4.69, 9.17) is 0 Å². The van der Waals surface area contributed by atoms with Gasteiger partial charge in [0.1, 0.15) is 0 Å². The molecule has 17 heavy (non-hydrogen) atoms. The number of hydrogen-bond donors (Lipinski definition) is 0. The highest BCUT2D eigenvalue weighted by Crippen LogP contribution is 2.28. The van der Waals surface area contributed by atoms with Gasteiger partial charge >= 0.3 is 0 Å². The summed E-state index contributed by atoms with van der Waals surface area (Å²) in [5.74, 6) is 0. The average Bonchev–Trinajstić information content (AvgIpc) is 2.37. The van der Waals surface area contributed by atoms with Gasteiger partial charge in [-0.3, -0.25) is 0 Å². The number of benzene rings is 2. The molecule has 2 heteroatoms. The normalized spacial score (nSPS) is 12.4. The molecule has 0 spiro atoms. The third-order valence-electron chi connectivity index (χ3n) is 2.74. The highest BCUT2D eigenvalue weighted by atomic mass is 79.9. The molecule has 0 aromatic heterocycles. The lowest BCUT2D eigenvalue weighted by molar-refractivity contribution is 0.813. The van der Waals surface area contributed by atoms with Crippen LogP contribution < -0.4 is 0 Å². The average molecular weight is 354 g/mol. The van der Waals surface area contributed by atoms with E-state index in [0.29, 0.717) is 4.83 Å². The van der Waals surface area contributed by atoms with Crippen molar-refractivity contribution in [3.05, 3.63) is 70.2 Å². The van der Waals surface area contributed by atoms with Gasteiger partial charge in [-0.25, -0.2) is 0 Å². The summed E-state index contributed by atoms with van der Waals surface area (Å²) in [6.45, 7) is 0. The number of rotatable bonds is 4. The summed E-state index contributed by atoms with van der Waals surface area (Å²) in [6, 6.07) is 19.1. The monoisotopic (exact) mass is 352 g/mol. The molecule has 0 amide bonds. The summed E-state index contributed by atoms with van der Waals surface area (Å²) in [6.07, 6.45) is 2.20. The molecule has 0 aliphatic rings. The van der Waals surface area contributed by atoms with Gasteiger partial charge in [0.05, 0.1) is 0 Å². The van der Waals surface area contributed by atoms with Crippen molar-refractivity contribution < 1.29 is 0 Å². The highest BCUT2D eigenvalue weighted by molar-refractivity contribution is 9.10. The van der Waals surface area contributed by atoms with Gasteiger partial charge in [0.2, 0.25) is 0 Å². The van der Waals surface area contributed by atoms with Gasteiger partial charge in [-0.2, -0.15) is 0 Å². The standard InChI is InChI=1S/C15H14Br2/c16-14-8-4-5-12(11-14)9-10-15(17)13-6-2-1-3-7-13/h1-8,11,15H,9-10H2. The van der Waals surface area contributed by atoms with Gasteiger partial charge in [0, 0.05) is 9.30 Å². The highest BCUT2D eigenvalue weighted by Gasteiger charge is 2.06. The van der Waals surface area contributed by atoms with E-state index >= 15 is 0 Å². The second kappa shape index (κ2) is 6.36. The van der Waals surface area contributed by atoms with Crippen LogP contribution in [-0.2, 0) is 6.42 Å². The van der Waals surface area contributed by atoms with Crippen LogP contribution >= 0.6 is 31.9 Å². The molecule has 0 bridgehead atoms. The van der Waals surface area contributed by atoms with Gasteiger partial charge in [-0.1, -0.05) is 74.3 Å². The molecular formula is C15H14Br2. The third kappa shape index (κ3) is 3.97. The summed E-state index contributed by atoms with van der Waals surface area (Å²) < 4.78 is 1.15. The Hall–Kier alpha value is -0.600. The minimum Gasteiger partial charge on any atom is -0.0839 e. The Morgan fingerprint density at radius 2 is 1.71 bits per heavy atom. The predicted octanol–water partition coefficient (Wildman–Crippen LogP) is 5.52. The van der Waals surface area contributed by atoms with Crippen molar-refractivity contribution in [2.24, 2.45) is 0 Å². The van der Waals surface area contributed by atoms with Crippen molar-refractivity contribution in [2.45, 2.75) is 17.7 Å². The largest absolute Gasteiger partial charge is 0.0839 e. The van der Waals surface area contributed by atoms with Crippen molar-refractivity contribution in [2.75, 3.05) is 0 Å². The minimum absolute atomic E-state index is 0.433. The van der Waals surface area contributed by atoms with Crippen molar-refractivity contribution in [3.8, 4) is 0 Å². The lowest BCUT2D eigenvalue weighted by atomic mass is 10.0. The number of alkyl halides is 1. The van der Waals surface area contributed by atoms with E-state index in [2.05, 4.69) is 86.5 Å². The fraction of sp³-hybridized carbons (Fsp3) is 0.200. The molecule has 0 saturated heterocycles. The maximum atomic E-state index is 3.75. The van der Waals surface area contributed by atoms with E-state index in [1.54, 1.807) is 0 Å². The van der Waals surface area contributed by atoms with Crippen LogP contribution in [0.2, 0.25) is 0 Å². The van der Waals surface area contributed by atoms with Gasteiger partial charge in [0.25, 0.3) is 0 Å². The molecule has 0 N–H and O–H groups in total. The van der Waals surface area contributed by atoms with Crippen molar-refractivity contribution >= 4 is 31.9 Å². The summed E-state index contributed by atoms with van der Waals surface area (Å²) >= 11 is 7.25. The SMILES string of the molecule is Brc1cccc(CCC(Br)c2ccccc2)c1. The summed E-state index contributed by atoms with van der Waals surface area (Å²) in [4.78, 5) is 0.433. The Balaban J connectivity index is 1.95.